The van der Waals surface area contributed by atoms with E-state index in [1.165, 1.54) is 31.2 Å². The van der Waals surface area contributed by atoms with Crippen LogP contribution in [0.15, 0.2) is 76.8 Å². The highest BCUT2D eigenvalue weighted by Crippen LogP contribution is 2.17. The van der Waals surface area contributed by atoms with Crippen molar-refractivity contribution in [2.24, 2.45) is 0 Å². The third-order valence-corrected chi connectivity index (χ3v) is 6.78. The monoisotopic (exact) mass is 469 g/mol. The number of hydrogen-bond acceptors (Lipinski definition) is 6. The summed E-state index contributed by atoms with van der Waals surface area (Å²) in [6, 6.07) is 16.1. The van der Waals surface area contributed by atoms with Crippen LogP contribution in [0.2, 0.25) is 0 Å². The molecule has 0 fully saturated rings. The van der Waals surface area contributed by atoms with E-state index in [0.717, 1.165) is 10.8 Å². The van der Waals surface area contributed by atoms with E-state index in [-0.39, 0.29) is 23.1 Å². The fraction of sp³-hybridized carbons (Fsp3) is 0.174. The number of amides is 1. The number of ketones is 1. The average molecular weight is 470 g/mol. The quantitative estimate of drug-likeness (QED) is 0.361. The molecule has 2 N–H and O–H groups in total. The van der Waals surface area contributed by atoms with Crippen LogP contribution >= 0.6 is 11.8 Å². The number of benzene rings is 2. The fourth-order valence-electron chi connectivity index (χ4n) is 2.80. The molecule has 9 heteroatoms. The number of hydrogen-bond donors (Lipinski definition) is 2. The second-order valence-electron chi connectivity index (χ2n) is 6.87. The molecule has 0 bridgehead atoms. The Balaban J connectivity index is 1.59. The predicted molar refractivity (Wildman–Crippen MR) is 126 cm³/mol. The van der Waals surface area contributed by atoms with E-state index < -0.39 is 10.0 Å². The highest BCUT2D eigenvalue weighted by Gasteiger charge is 2.14. The third kappa shape index (κ3) is 6.25. The van der Waals surface area contributed by atoms with Crippen LogP contribution in [0.1, 0.15) is 40.1 Å². The summed E-state index contributed by atoms with van der Waals surface area (Å²) in [5, 5.41) is 3.69. The van der Waals surface area contributed by atoms with Crippen molar-refractivity contribution in [1.29, 1.82) is 0 Å². The molecule has 1 aromatic heterocycles. The van der Waals surface area contributed by atoms with Gasteiger partial charge in [-0.25, -0.2) is 18.1 Å². The fourth-order valence-corrected chi connectivity index (χ4v) is 4.40. The van der Waals surface area contributed by atoms with E-state index in [2.05, 4.69) is 15.0 Å². The Hall–Kier alpha value is -3.01. The van der Waals surface area contributed by atoms with E-state index in [4.69, 9.17) is 0 Å². The minimum absolute atomic E-state index is 0.0686. The van der Waals surface area contributed by atoms with E-state index in [1.807, 2.05) is 13.0 Å². The van der Waals surface area contributed by atoms with Gasteiger partial charge >= 0.3 is 0 Å². The number of thioether (sulfide) groups is 1. The van der Waals surface area contributed by atoms with Crippen LogP contribution in [0.4, 0.5) is 5.69 Å². The van der Waals surface area contributed by atoms with E-state index >= 15 is 0 Å². The Morgan fingerprint density at radius 2 is 1.59 bits per heavy atom. The Morgan fingerprint density at radius 1 is 0.938 bits per heavy atom. The molecule has 0 unspecified atom stereocenters. The standard InChI is InChI=1S/C23H23N3O4S2/c1-3-31-22-13-10-20(15-24-22)26-23(28)19-6-4-17(5-7-19)14-25-32(29,30)21-11-8-18(9-12-21)16(2)27/h4-13,15,25H,3,14H2,1-2H3,(H,26,28). The first-order valence-electron chi connectivity index (χ1n) is 9.88. The van der Waals surface area contributed by atoms with Crippen LogP contribution in [0.5, 0.6) is 0 Å². The lowest BCUT2D eigenvalue weighted by Crippen LogP contribution is -2.23. The van der Waals surface area contributed by atoms with Crippen molar-refractivity contribution in [3.05, 3.63) is 83.6 Å². The summed E-state index contributed by atoms with van der Waals surface area (Å²) in [5.74, 6) is 0.517. The molecule has 7 nitrogen and oxygen atoms in total. The molecular formula is C23H23N3O4S2. The van der Waals surface area contributed by atoms with Crippen LogP contribution in [0, 0.1) is 0 Å². The first-order valence-corrected chi connectivity index (χ1v) is 12.3. The molecule has 0 aliphatic heterocycles. The van der Waals surface area contributed by atoms with Crippen molar-refractivity contribution in [2.75, 3.05) is 11.1 Å². The lowest BCUT2D eigenvalue weighted by Gasteiger charge is -2.09. The molecule has 0 aliphatic rings. The van der Waals surface area contributed by atoms with Gasteiger partial charge in [0.2, 0.25) is 10.0 Å². The van der Waals surface area contributed by atoms with Gasteiger partial charge in [0, 0.05) is 17.7 Å². The molecule has 3 rings (SSSR count). The average Bonchev–Trinajstić information content (AvgIpc) is 2.79. The molecule has 0 atom stereocenters. The number of sulfonamides is 1. The zero-order valence-electron chi connectivity index (χ0n) is 17.7. The number of carbonyl (C=O) groups is 2. The molecule has 2 aromatic carbocycles. The lowest BCUT2D eigenvalue weighted by molar-refractivity contribution is 0.101. The van der Waals surface area contributed by atoms with Crippen LogP contribution in [-0.4, -0.2) is 30.8 Å². The summed E-state index contributed by atoms with van der Waals surface area (Å²) in [4.78, 5) is 28.1. The largest absolute Gasteiger partial charge is 0.321 e. The Kier molecular flexibility index (Phi) is 7.79. The summed E-state index contributed by atoms with van der Waals surface area (Å²) in [6.45, 7) is 3.54. The first kappa shape index (κ1) is 23.6. The van der Waals surface area contributed by atoms with Crippen molar-refractivity contribution < 1.29 is 18.0 Å². The van der Waals surface area contributed by atoms with Gasteiger partial charge in [0.1, 0.15) is 0 Å². The van der Waals surface area contributed by atoms with Crippen LogP contribution in [0.3, 0.4) is 0 Å². The van der Waals surface area contributed by atoms with Gasteiger partial charge < -0.3 is 5.32 Å². The van der Waals surface area contributed by atoms with Gasteiger partial charge in [-0.15, -0.1) is 11.8 Å². The van der Waals surface area contributed by atoms with Crippen LogP contribution in [0.25, 0.3) is 0 Å². The maximum atomic E-state index is 12.5. The summed E-state index contributed by atoms with van der Waals surface area (Å²) in [5.41, 5.74) is 2.20. The minimum Gasteiger partial charge on any atom is -0.321 e. The zero-order chi connectivity index (χ0) is 23.1. The lowest BCUT2D eigenvalue weighted by atomic mass is 10.1. The van der Waals surface area contributed by atoms with Gasteiger partial charge in [-0.05, 0) is 54.6 Å². The maximum absolute atomic E-state index is 12.5. The Bertz CT molecular complexity index is 1190. The Morgan fingerprint density at radius 3 is 2.16 bits per heavy atom. The SMILES string of the molecule is CCSc1ccc(NC(=O)c2ccc(CNS(=O)(=O)c3ccc(C(C)=O)cc3)cc2)cn1. The van der Waals surface area contributed by atoms with Crippen molar-refractivity contribution in [1.82, 2.24) is 9.71 Å². The zero-order valence-corrected chi connectivity index (χ0v) is 19.3. The molecule has 0 aliphatic carbocycles. The highest BCUT2D eigenvalue weighted by molar-refractivity contribution is 7.99. The van der Waals surface area contributed by atoms with Crippen molar-refractivity contribution in [3.63, 3.8) is 0 Å². The molecule has 1 amide bonds. The normalized spacial score (nSPS) is 11.2. The molecule has 3 aromatic rings. The number of aromatic nitrogens is 1. The molecule has 0 spiro atoms. The van der Waals surface area contributed by atoms with Crippen LogP contribution < -0.4 is 10.0 Å². The molecule has 0 saturated carbocycles. The van der Waals surface area contributed by atoms with E-state index in [0.29, 0.717) is 22.4 Å². The number of nitrogens with one attached hydrogen (secondary N) is 2. The number of Topliss-reactive ketones (excluding diaryl/α,β-unsaturated/α-hetero) is 1. The van der Waals surface area contributed by atoms with Gasteiger partial charge in [-0.1, -0.05) is 31.2 Å². The first-order chi connectivity index (χ1) is 15.3. The molecule has 166 valence electrons. The number of carbonyl (C=O) groups excluding carboxylic acids is 2. The van der Waals surface area contributed by atoms with E-state index in [1.54, 1.807) is 48.3 Å². The second-order valence-corrected chi connectivity index (χ2v) is 9.93. The van der Waals surface area contributed by atoms with Crippen molar-refractivity contribution in [2.45, 2.75) is 30.3 Å². The second kappa shape index (κ2) is 10.5. The molecule has 32 heavy (non-hydrogen) atoms. The number of anilines is 1. The van der Waals surface area contributed by atoms with E-state index in [9.17, 15) is 18.0 Å². The molecule has 1 heterocycles. The summed E-state index contributed by atoms with van der Waals surface area (Å²) < 4.78 is 27.4. The van der Waals surface area contributed by atoms with Crippen molar-refractivity contribution >= 4 is 39.2 Å². The van der Waals surface area contributed by atoms with Gasteiger partial charge in [0.25, 0.3) is 5.91 Å². The predicted octanol–water partition coefficient (Wildman–Crippen LogP) is 4.13. The van der Waals surface area contributed by atoms with Crippen LogP contribution in [-0.2, 0) is 16.6 Å². The smallest absolute Gasteiger partial charge is 0.255 e. The molecular weight excluding hydrogens is 446 g/mol. The highest BCUT2D eigenvalue weighted by atomic mass is 32.2. The summed E-state index contributed by atoms with van der Waals surface area (Å²) in [7, 11) is -3.73. The summed E-state index contributed by atoms with van der Waals surface area (Å²) in [6.07, 6.45) is 1.61. The number of rotatable bonds is 9. The molecule has 0 saturated heterocycles. The summed E-state index contributed by atoms with van der Waals surface area (Å²) >= 11 is 1.62. The third-order valence-electron chi connectivity index (χ3n) is 4.54. The topological polar surface area (TPSA) is 105 Å². The van der Waals surface area contributed by atoms with Gasteiger partial charge in [-0.3, -0.25) is 9.59 Å². The molecule has 0 radical (unpaired) electrons. The van der Waals surface area contributed by atoms with Crippen molar-refractivity contribution in [3.8, 4) is 0 Å². The van der Waals surface area contributed by atoms with Gasteiger partial charge in [0.15, 0.2) is 5.78 Å². The Labute approximate surface area is 191 Å². The number of pyridine rings is 1. The number of nitrogens with zero attached hydrogens (tertiary/aromatic N) is 1. The maximum Gasteiger partial charge on any atom is 0.255 e. The van der Waals surface area contributed by atoms with Gasteiger partial charge in [0.05, 0.1) is 21.8 Å². The van der Waals surface area contributed by atoms with Gasteiger partial charge in [-0.2, -0.15) is 0 Å². The minimum atomic E-state index is -3.73.